The van der Waals surface area contributed by atoms with Gasteiger partial charge in [0, 0.05) is 31.1 Å². The summed E-state index contributed by atoms with van der Waals surface area (Å²) in [5.74, 6) is -0.281. The third-order valence-corrected chi connectivity index (χ3v) is 3.77. The number of rotatable bonds is 5. The number of hydrogen-bond donors (Lipinski definition) is 3. The Labute approximate surface area is 118 Å². The zero-order valence-electron chi connectivity index (χ0n) is 11.9. The van der Waals surface area contributed by atoms with Gasteiger partial charge in [0.05, 0.1) is 5.41 Å². The third kappa shape index (κ3) is 3.10. The summed E-state index contributed by atoms with van der Waals surface area (Å²) >= 11 is 0. The van der Waals surface area contributed by atoms with Crippen LogP contribution >= 0.6 is 0 Å². The molecule has 0 saturated carbocycles. The fraction of sp³-hybridized carbons (Fsp3) is 0.467. The van der Waals surface area contributed by atoms with Gasteiger partial charge in [0.25, 0.3) is 0 Å². The number of fused-ring (bicyclic) bond motifs is 1. The van der Waals surface area contributed by atoms with Crippen molar-refractivity contribution in [3.63, 3.8) is 0 Å². The molecule has 2 rings (SSSR count). The summed E-state index contributed by atoms with van der Waals surface area (Å²) in [5.41, 5.74) is 6.84. The summed E-state index contributed by atoms with van der Waals surface area (Å²) in [7, 11) is 0. The summed E-state index contributed by atoms with van der Waals surface area (Å²) < 4.78 is 0. The maximum Gasteiger partial charge on any atom is 0.224 e. The predicted octanol–water partition coefficient (Wildman–Crippen LogP) is 1.21. The molecule has 0 fully saturated rings. The van der Waals surface area contributed by atoms with Crippen LogP contribution in [-0.2, 0) is 9.59 Å². The predicted molar refractivity (Wildman–Crippen MR) is 78.3 cm³/mol. The lowest BCUT2D eigenvalue weighted by Gasteiger charge is -2.21. The summed E-state index contributed by atoms with van der Waals surface area (Å²) in [6, 6.07) is 8.01. The maximum absolute atomic E-state index is 12.0. The number of benzene rings is 1. The SMILES string of the molecule is CC(C)(CNC(=O)CC1CNc2ccccc21)C(N)=O. The van der Waals surface area contributed by atoms with Crippen LogP contribution < -0.4 is 16.4 Å². The van der Waals surface area contributed by atoms with Gasteiger partial charge >= 0.3 is 0 Å². The highest BCUT2D eigenvalue weighted by Gasteiger charge is 2.27. The van der Waals surface area contributed by atoms with Gasteiger partial charge in [-0.1, -0.05) is 18.2 Å². The maximum atomic E-state index is 12.0. The van der Waals surface area contributed by atoms with Gasteiger partial charge in [-0.15, -0.1) is 0 Å². The van der Waals surface area contributed by atoms with Crippen molar-refractivity contribution in [1.29, 1.82) is 0 Å². The molecule has 0 bridgehead atoms. The van der Waals surface area contributed by atoms with Crippen LogP contribution in [0.15, 0.2) is 24.3 Å². The Morgan fingerprint density at radius 3 is 2.80 bits per heavy atom. The Balaban J connectivity index is 1.89. The quantitative estimate of drug-likeness (QED) is 0.755. The molecule has 5 nitrogen and oxygen atoms in total. The van der Waals surface area contributed by atoms with Crippen LogP contribution in [0.1, 0.15) is 31.7 Å². The van der Waals surface area contributed by atoms with E-state index >= 15 is 0 Å². The first kappa shape index (κ1) is 14.4. The molecule has 0 radical (unpaired) electrons. The number of nitrogens with one attached hydrogen (secondary N) is 2. The number of hydrogen-bond acceptors (Lipinski definition) is 3. The highest BCUT2D eigenvalue weighted by Crippen LogP contribution is 2.33. The fourth-order valence-electron chi connectivity index (χ4n) is 2.24. The van der Waals surface area contributed by atoms with Gasteiger partial charge in [-0.05, 0) is 25.5 Å². The lowest BCUT2D eigenvalue weighted by molar-refractivity contribution is -0.127. The van der Waals surface area contributed by atoms with E-state index in [1.165, 1.54) is 5.56 Å². The zero-order chi connectivity index (χ0) is 14.8. The number of carbonyl (C=O) groups is 2. The van der Waals surface area contributed by atoms with Crippen molar-refractivity contribution in [3.8, 4) is 0 Å². The minimum absolute atomic E-state index is 0.0529. The molecule has 0 saturated heterocycles. The van der Waals surface area contributed by atoms with Crippen molar-refractivity contribution in [3.05, 3.63) is 29.8 Å². The summed E-state index contributed by atoms with van der Waals surface area (Å²) in [5, 5.41) is 6.09. The minimum atomic E-state index is -0.721. The van der Waals surface area contributed by atoms with E-state index in [-0.39, 0.29) is 18.4 Å². The smallest absolute Gasteiger partial charge is 0.224 e. The van der Waals surface area contributed by atoms with Gasteiger partial charge in [0.1, 0.15) is 0 Å². The first-order chi connectivity index (χ1) is 9.40. The van der Waals surface area contributed by atoms with Crippen molar-refractivity contribution >= 4 is 17.5 Å². The average Bonchev–Trinajstić information content (AvgIpc) is 2.80. The van der Waals surface area contributed by atoms with E-state index in [0.29, 0.717) is 6.42 Å². The Bertz CT molecular complexity index is 526. The highest BCUT2D eigenvalue weighted by molar-refractivity contribution is 5.82. The molecule has 108 valence electrons. The molecule has 20 heavy (non-hydrogen) atoms. The van der Waals surface area contributed by atoms with E-state index in [2.05, 4.69) is 10.6 Å². The molecule has 1 unspecified atom stereocenters. The van der Waals surface area contributed by atoms with E-state index in [9.17, 15) is 9.59 Å². The molecule has 0 aromatic heterocycles. The number of anilines is 1. The number of primary amides is 1. The van der Waals surface area contributed by atoms with Crippen molar-refractivity contribution in [2.75, 3.05) is 18.4 Å². The lowest BCUT2D eigenvalue weighted by atomic mass is 9.92. The van der Waals surface area contributed by atoms with E-state index < -0.39 is 11.3 Å². The molecule has 1 aliphatic heterocycles. The van der Waals surface area contributed by atoms with Gasteiger partial charge in [-0.3, -0.25) is 9.59 Å². The Kier molecular flexibility index (Phi) is 3.97. The highest BCUT2D eigenvalue weighted by atomic mass is 16.2. The van der Waals surface area contributed by atoms with E-state index in [1.54, 1.807) is 13.8 Å². The van der Waals surface area contributed by atoms with Crippen LogP contribution in [-0.4, -0.2) is 24.9 Å². The number of amides is 2. The molecule has 1 aromatic rings. The number of nitrogens with two attached hydrogens (primary N) is 1. The Morgan fingerprint density at radius 2 is 2.10 bits per heavy atom. The molecule has 1 aromatic carbocycles. The third-order valence-electron chi connectivity index (χ3n) is 3.77. The molecule has 0 aliphatic carbocycles. The fourth-order valence-corrected chi connectivity index (χ4v) is 2.24. The normalized spacial score (nSPS) is 17.2. The van der Waals surface area contributed by atoms with Crippen molar-refractivity contribution in [1.82, 2.24) is 5.32 Å². The van der Waals surface area contributed by atoms with Crippen molar-refractivity contribution < 1.29 is 9.59 Å². The summed E-state index contributed by atoms with van der Waals surface area (Å²) in [6.07, 6.45) is 0.416. The van der Waals surface area contributed by atoms with Crippen LogP contribution in [0.2, 0.25) is 0 Å². The van der Waals surface area contributed by atoms with E-state index in [4.69, 9.17) is 5.73 Å². The van der Waals surface area contributed by atoms with E-state index in [0.717, 1.165) is 12.2 Å². The molecule has 5 heteroatoms. The molecular weight excluding hydrogens is 254 g/mol. The second kappa shape index (κ2) is 5.53. The molecule has 1 heterocycles. The summed E-state index contributed by atoms with van der Waals surface area (Å²) in [6.45, 7) is 4.49. The first-order valence-corrected chi connectivity index (χ1v) is 6.79. The monoisotopic (exact) mass is 275 g/mol. The van der Waals surface area contributed by atoms with Gasteiger partial charge < -0.3 is 16.4 Å². The number of carbonyl (C=O) groups excluding carboxylic acids is 2. The molecule has 2 amide bonds. The van der Waals surface area contributed by atoms with Crippen molar-refractivity contribution in [2.45, 2.75) is 26.2 Å². The van der Waals surface area contributed by atoms with Gasteiger partial charge in [-0.2, -0.15) is 0 Å². The lowest BCUT2D eigenvalue weighted by Crippen LogP contribution is -2.42. The van der Waals surface area contributed by atoms with Crippen LogP contribution in [0.3, 0.4) is 0 Å². The van der Waals surface area contributed by atoms with Gasteiger partial charge in [0.15, 0.2) is 0 Å². The van der Waals surface area contributed by atoms with Crippen LogP contribution in [0.5, 0.6) is 0 Å². The topological polar surface area (TPSA) is 84.2 Å². The molecule has 0 spiro atoms. The molecule has 4 N–H and O–H groups in total. The zero-order valence-corrected chi connectivity index (χ0v) is 11.9. The average molecular weight is 275 g/mol. The van der Waals surface area contributed by atoms with E-state index in [1.807, 2.05) is 24.3 Å². The Hall–Kier alpha value is -2.04. The summed E-state index contributed by atoms with van der Waals surface area (Å²) in [4.78, 5) is 23.2. The van der Waals surface area contributed by atoms with Crippen molar-refractivity contribution in [2.24, 2.45) is 11.1 Å². The second-order valence-electron chi connectivity index (χ2n) is 5.89. The van der Waals surface area contributed by atoms with Gasteiger partial charge in [0.2, 0.25) is 11.8 Å². The second-order valence-corrected chi connectivity index (χ2v) is 5.89. The van der Waals surface area contributed by atoms with Crippen LogP contribution in [0.25, 0.3) is 0 Å². The molecular formula is C15H21N3O2. The van der Waals surface area contributed by atoms with Gasteiger partial charge in [-0.25, -0.2) is 0 Å². The first-order valence-electron chi connectivity index (χ1n) is 6.79. The Morgan fingerprint density at radius 1 is 1.40 bits per heavy atom. The standard InChI is InChI=1S/C15H21N3O2/c1-15(2,14(16)20)9-18-13(19)7-10-8-17-12-6-4-3-5-11(10)12/h3-6,10,17H,7-9H2,1-2H3,(H2,16,20)(H,18,19). The number of para-hydroxylation sites is 1. The minimum Gasteiger partial charge on any atom is -0.384 e. The van der Waals surface area contributed by atoms with Crippen LogP contribution in [0, 0.1) is 5.41 Å². The van der Waals surface area contributed by atoms with Crippen LogP contribution in [0.4, 0.5) is 5.69 Å². The molecule has 1 atom stereocenters. The molecule has 1 aliphatic rings. The largest absolute Gasteiger partial charge is 0.384 e.